The molecule has 3 aromatic heterocycles. The lowest BCUT2D eigenvalue weighted by Crippen LogP contribution is -2.44. The molecule has 3 aromatic rings. The highest BCUT2D eigenvalue weighted by molar-refractivity contribution is 7.08. The van der Waals surface area contributed by atoms with Gasteiger partial charge in [0.15, 0.2) is 11.2 Å². The van der Waals surface area contributed by atoms with Gasteiger partial charge in [-0.05, 0) is 18.4 Å². The maximum absolute atomic E-state index is 13.0. The number of aliphatic carboxylic acids is 1. The number of halogens is 3. The Labute approximate surface area is 194 Å². The van der Waals surface area contributed by atoms with Crippen molar-refractivity contribution in [2.45, 2.75) is 19.6 Å². The molecular weight excluding hydrogens is 477 g/mol. The summed E-state index contributed by atoms with van der Waals surface area (Å²) >= 11 is 1.49. The average Bonchev–Trinajstić information content (AvgIpc) is 3.45. The van der Waals surface area contributed by atoms with E-state index >= 15 is 0 Å². The van der Waals surface area contributed by atoms with Crippen LogP contribution < -0.4 is 21.5 Å². The minimum atomic E-state index is -5.08. The van der Waals surface area contributed by atoms with E-state index in [0.29, 0.717) is 29.3 Å². The number of imidazole rings is 1. The fraction of sp³-hybridized carbons (Fsp3) is 0.400. The lowest BCUT2D eigenvalue weighted by Gasteiger charge is -2.28. The quantitative estimate of drug-likeness (QED) is 0.518. The van der Waals surface area contributed by atoms with E-state index < -0.39 is 17.8 Å². The molecule has 0 aromatic carbocycles. The van der Waals surface area contributed by atoms with Crippen molar-refractivity contribution in [3.63, 3.8) is 0 Å². The molecule has 0 atom stereocenters. The van der Waals surface area contributed by atoms with E-state index in [0.717, 1.165) is 30.7 Å². The first-order valence-corrected chi connectivity index (χ1v) is 10.9. The zero-order chi connectivity index (χ0) is 25.0. The van der Waals surface area contributed by atoms with Crippen LogP contribution in [-0.4, -0.2) is 62.1 Å². The van der Waals surface area contributed by atoms with Crippen LogP contribution in [0.3, 0.4) is 0 Å². The molecule has 0 radical (unpaired) electrons. The van der Waals surface area contributed by atoms with E-state index in [1.54, 1.807) is 6.92 Å². The van der Waals surface area contributed by atoms with Crippen molar-refractivity contribution < 1.29 is 23.1 Å². The predicted molar refractivity (Wildman–Crippen MR) is 121 cm³/mol. The minimum Gasteiger partial charge on any atom is -0.475 e. The number of thiophene rings is 1. The highest BCUT2D eigenvalue weighted by Gasteiger charge is 2.38. The highest BCUT2D eigenvalue weighted by atomic mass is 32.1. The minimum absolute atomic E-state index is 0.351. The summed E-state index contributed by atoms with van der Waals surface area (Å²) in [5.41, 5.74) is 0.744. The molecule has 1 aliphatic rings. The van der Waals surface area contributed by atoms with Crippen LogP contribution in [0.1, 0.15) is 6.92 Å². The van der Waals surface area contributed by atoms with Gasteiger partial charge < -0.3 is 15.3 Å². The van der Waals surface area contributed by atoms with Crippen molar-refractivity contribution in [2.24, 2.45) is 7.05 Å². The molecule has 4 rings (SSSR count). The highest BCUT2D eigenvalue weighted by Crippen LogP contribution is 2.22. The van der Waals surface area contributed by atoms with Gasteiger partial charge in [-0.2, -0.15) is 29.5 Å². The molecule has 0 unspecified atom stereocenters. The number of rotatable bonds is 3. The maximum atomic E-state index is 13.0. The number of hydrogen-bond acceptors (Lipinski definition) is 7. The number of carboxylic acid groups (broad SMARTS) is 1. The molecule has 0 spiro atoms. The molecule has 1 saturated heterocycles. The molecule has 1 fully saturated rings. The molecule has 0 bridgehead atoms. The van der Waals surface area contributed by atoms with Gasteiger partial charge in [0.1, 0.15) is 0 Å². The molecule has 182 valence electrons. The number of alkyl halides is 3. The number of carbonyl (C=O) groups is 1. The molecule has 2 N–H and O–H groups in total. The van der Waals surface area contributed by atoms with Gasteiger partial charge in [-0.25, -0.2) is 14.2 Å². The van der Waals surface area contributed by atoms with Crippen LogP contribution >= 0.6 is 11.3 Å². The lowest BCUT2D eigenvalue weighted by atomic mass is 10.4. The van der Waals surface area contributed by atoms with Crippen LogP contribution in [0, 0.1) is 11.8 Å². The molecule has 34 heavy (non-hydrogen) atoms. The van der Waals surface area contributed by atoms with Gasteiger partial charge in [0, 0.05) is 38.6 Å². The summed E-state index contributed by atoms with van der Waals surface area (Å²) in [4.78, 5) is 41.6. The molecule has 14 heteroatoms. The second kappa shape index (κ2) is 10.1. The largest absolute Gasteiger partial charge is 0.490 e. The number of anilines is 1. The zero-order valence-electron chi connectivity index (χ0n) is 18.2. The van der Waals surface area contributed by atoms with Gasteiger partial charge in [-0.3, -0.25) is 13.9 Å². The molecule has 0 aliphatic carbocycles. The van der Waals surface area contributed by atoms with Crippen molar-refractivity contribution in [1.82, 2.24) is 24.0 Å². The smallest absolute Gasteiger partial charge is 0.475 e. The fourth-order valence-electron chi connectivity index (χ4n) is 3.31. The van der Waals surface area contributed by atoms with Crippen LogP contribution in [0.15, 0.2) is 26.4 Å². The Morgan fingerprint density at radius 2 is 1.94 bits per heavy atom. The molecule has 0 amide bonds. The standard InChI is InChI=1S/C18H20N6O2S.C2HF3O2/c1-3-4-8-23-14-15(20-17(23)22-9-6-19-7-10-22)24(13-5-11-27-12-13)18(26)21(2)16(14)25;3-2(4,5)1(6)7/h5,11-12,19H,6-10H2,1-2H3;(H,6,7). The Balaban J connectivity index is 0.000000406. The summed E-state index contributed by atoms with van der Waals surface area (Å²) in [6.07, 6.45) is -5.08. The van der Waals surface area contributed by atoms with Crippen molar-refractivity contribution in [3.05, 3.63) is 37.7 Å². The van der Waals surface area contributed by atoms with Crippen molar-refractivity contribution >= 4 is 34.4 Å². The maximum Gasteiger partial charge on any atom is 0.490 e. The summed E-state index contributed by atoms with van der Waals surface area (Å²) in [6, 6.07) is 1.85. The SMILES string of the molecule is CC#CCn1c(N2CCNCC2)nc2c1c(=O)n(C)c(=O)n2-c1ccsc1.O=C(O)C(F)(F)F. The second-order valence-corrected chi connectivity index (χ2v) is 7.88. The molecular formula is C20H21F3N6O4S. The average molecular weight is 498 g/mol. The van der Waals surface area contributed by atoms with Crippen LogP contribution in [0.4, 0.5) is 19.1 Å². The van der Waals surface area contributed by atoms with Crippen molar-refractivity contribution in [1.29, 1.82) is 0 Å². The summed E-state index contributed by atoms with van der Waals surface area (Å²) < 4.78 is 36.2. The fourth-order valence-corrected chi connectivity index (χ4v) is 3.93. The van der Waals surface area contributed by atoms with E-state index in [1.165, 1.54) is 23.0 Å². The number of nitrogens with one attached hydrogen (secondary N) is 1. The van der Waals surface area contributed by atoms with Crippen molar-refractivity contribution in [3.8, 4) is 17.5 Å². The summed E-state index contributed by atoms with van der Waals surface area (Å²) in [7, 11) is 1.50. The van der Waals surface area contributed by atoms with E-state index in [1.807, 2.05) is 21.4 Å². The van der Waals surface area contributed by atoms with Crippen molar-refractivity contribution in [2.75, 3.05) is 31.1 Å². The van der Waals surface area contributed by atoms with Gasteiger partial charge in [-0.1, -0.05) is 5.92 Å². The first-order valence-electron chi connectivity index (χ1n) is 9.98. The topological polar surface area (TPSA) is 114 Å². The molecule has 1 aliphatic heterocycles. The van der Waals surface area contributed by atoms with Gasteiger partial charge >= 0.3 is 17.8 Å². The van der Waals surface area contributed by atoms with Crippen LogP contribution in [0.5, 0.6) is 0 Å². The third kappa shape index (κ3) is 5.00. The summed E-state index contributed by atoms with van der Waals surface area (Å²) in [6.45, 7) is 5.38. The predicted octanol–water partition coefficient (Wildman–Crippen LogP) is 1.01. The Bertz CT molecular complexity index is 1360. The van der Waals surface area contributed by atoms with Gasteiger partial charge in [-0.15, -0.1) is 5.92 Å². The number of hydrogen-bond donors (Lipinski definition) is 2. The Morgan fingerprint density at radius 1 is 1.29 bits per heavy atom. The van der Waals surface area contributed by atoms with E-state index in [4.69, 9.17) is 14.9 Å². The number of nitrogens with zero attached hydrogens (tertiary/aromatic N) is 5. The lowest BCUT2D eigenvalue weighted by molar-refractivity contribution is -0.192. The van der Waals surface area contributed by atoms with E-state index in [-0.39, 0.29) is 5.56 Å². The Kier molecular flexibility index (Phi) is 7.48. The molecule has 0 saturated carbocycles. The number of fused-ring (bicyclic) bond motifs is 1. The van der Waals surface area contributed by atoms with Gasteiger partial charge in [0.2, 0.25) is 5.95 Å². The zero-order valence-corrected chi connectivity index (χ0v) is 19.0. The van der Waals surface area contributed by atoms with Crippen LogP contribution in [0.2, 0.25) is 0 Å². The number of piperazine rings is 1. The Morgan fingerprint density at radius 3 is 2.47 bits per heavy atom. The monoisotopic (exact) mass is 498 g/mol. The van der Waals surface area contributed by atoms with Gasteiger partial charge in [0.05, 0.1) is 12.2 Å². The number of aromatic nitrogens is 4. The number of carboxylic acids is 1. The third-order valence-corrected chi connectivity index (χ3v) is 5.62. The second-order valence-electron chi connectivity index (χ2n) is 7.10. The summed E-state index contributed by atoms with van der Waals surface area (Å²) in [5.74, 6) is 3.84. The normalized spacial score (nSPS) is 13.7. The first kappa shape index (κ1) is 25.1. The summed E-state index contributed by atoms with van der Waals surface area (Å²) in [5, 5.41) is 14.2. The molecule has 10 nitrogen and oxygen atoms in total. The Hall–Kier alpha value is -3.57. The van der Waals surface area contributed by atoms with Gasteiger partial charge in [0.25, 0.3) is 5.56 Å². The van der Waals surface area contributed by atoms with E-state index in [9.17, 15) is 22.8 Å². The van der Waals surface area contributed by atoms with Crippen LogP contribution in [-0.2, 0) is 18.4 Å². The first-order chi connectivity index (χ1) is 16.1. The molecule has 4 heterocycles. The van der Waals surface area contributed by atoms with Crippen LogP contribution in [0.25, 0.3) is 16.9 Å². The van der Waals surface area contributed by atoms with E-state index in [2.05, 4.69) is 22.1 Å². The third-order valence-electron chi connectivity index (χ3n) is 4.95.